The largest absolute Gasteiger partial charge is 0.465 e. The van der Waals surface area contributed by atoms with E-state index in [0.29, 0.717) is 30.7 Å². The maximum Gasteiger partial charge on any atom is 0.404 e. The van der Waals surface area contributed by atoms with Crippen LogP contribution in [0.4, 0.5) is 4.79 Å². The van der Waals surface area contributed by atoms with Crippen molar-refractivity contribution >= 4 is 23.6 Å². The van der Waals surface area contributed by atoms with E-state index in [1.54, 1.807) is 0 Å². The second kappa shape index (κ2) is 10.2. The standard InChI is InChI=1S/C23H32ClN3O4/c24-19-3-1-16(2-4-19)21-15-27(14-18(21)13-25-23(29)30)22(28)17-5-9-26(10-6-17)20-7-11-31-12-8-20/h1-4,17-18,20-21,25H,5-15H2,(H,29,30)/t18-,21-/m0/s1. The van der Waals surface area contributed by atoms with Gasteiger partial charge in [-0.25, -0.2) is 4.79 Å². The summed E-state index contributed by atoms with van der Waals surface area (Å²) in [6.07, 6.45) is 2.95. The van der Waals surface area contributed by atoms with Gasteiger partial charge in [0.2, 0.25) is 5.91 Å². The molecule has 2 amide bonds. The number of nitrogens with zero attached hydrogens (tertiary/aromatic N) is 2. The van der Waals surface area contributed by atoms with Gasteiger partial charge in [-0.2, -0.15) is 0 Å². The molecule has 3 aliphatic heterocycles. The van der Waals surface area contributed by atoms with Crippen LogP contribution in [-0.4, -0.2) is 78.9 Å². The SMILES string of the molecule is O=C(O)NC[C@H]1CN(C(=O)C2CCN(C3CCOCC3)CC2)C[C@H]1c1ccc(Cl)cc1. The number of carboxylic acid groups (broad SMARTS) is 1. The number of piperidine rings is 1. The van der Waals surface area contributed by atoms with E-state index < -0.39 is 6.09 Å². The van der Waals surface area contributed by atoms with Gasteiger partial charge in [-0.15, -0.1) is 0 Å². The Bertz CT molecular complexity index is 761. The summed E-state index contributed by atoms with van der Waals surface area (Å²) in [5.41, 5.74) is 1.10. The predicted molar refractivity (Wildman–Crippen MR) is 118 cm³/mol. The Balaban J connectivity index is 1.37. The van der Waals surface area contributed by atoms with E-state index in [1.807, 2.05) is 29.2 Å². The van der Waals surface area contributed by atoms with Crippen LogP contribution in [0.15, 0.2) is 24.3 Å². The number of amides is 2. The molecule has 0 aliphatic carbocycles. The lowest BCUT2D eigenvalue weighted by molar-refractivity contribution is -0.136. The van der Waals surface area contributed by atoms with Gasteiger partial charge in [0.25, 0.3) is 0 Å². The second-order valence-electron chi connectivity index (χ2n) is 9.00. The number of benzene rings is 1. The Hall–Kier alpha value is -1.83. The van der Waals surface area contributed by atoms with Crippen molar-refractivity contribution in [1.82, 2.24) is 15.1 Å². The Morgan fingerprint density at radius 3 is 2.39 bits per heavy atom. The molecule has 1 aromatic carbocycles. The first-order valence-corrected chi connectivity index (χ1v) is 11.7. The fourth-order valence-electron chi connectivity index (χ4n) is 5.38. The van der Waals surface area contributed by atoms with Crippen molar-refractivity contribution in [3.05, 3.63) is 34.9 Å². The average molecular weight is 450 g/mol. The van der Waals surface area contributed by atoms with E-state index in [2.05, 4.69) is 10.2 Å². The lowest BCUT2D eigenvalue weighted by Gasteiger charge is -2.39. The van der Waals surface area contributed by atoms with Crippen molar-refractivity contribution in [2.75, 3.05) is 45.9 Å². The summed E-state index contributed by atoms with van der Waals surface area (Å²) in [4.78, 5) is 28.9. The van der Waals surface area contributed by atoms with Crippen LogP contribution in [0.25, 0.3) is 0 Å². The van der Waals surface area contributed by atoms with Crippen LogP contribution >= 0.6 is 11.6 Å². The number of hydrogen-bond donors (Lipinski definition) is 2. The Morgan fingerprint density at radius 1 is 1.06 bits per heavy atom. The van der Waals surface area contributed by atoms with E-state index in [4.69, 9.17) is 21.4 Å². The summed E-state index contributed by atoms with van der Waals surface area (Å²) in [6, 6.07) is 8.28. The van der Waals surface area contributed by atoms with Crippen molar-refractivity contribution in [2.45, 2.75) is 37.6 Å². The normalized spacial score (nSPS) is 26.2. The van der Waals surface area contributed by atoms with Crippen molar-refractivity contribution in [3.63, 3.8) is 0 Å². The molecule has 3 aliphatic rings. The summed E-state index contributed by atoms with van der Waals surface area (Å²) in [5, 5.41) is 12.2. The van der Waals surface area contributed by atoms with Crippen molar-refractivity contribution in [3.8, 4) is 0 Å². The first kappa shape index (κ1) is 22.4. The van der Waals surface area contributed by atoms with Gasteiger partial charge in [-0.05, 0) is 56.5 Å². The fraction of sp³-hybridized carbons (Fsp3) is 0.652. The fourth-order valence-corrected chi connectivity index (χ4v) is 5.51. The minimum absolute atomic E-state index is 0.0588. The highest BCUT2D eigenvalue weighted by Crippen LogP contribution is 2.35. The molecule has 1 aromatic rings. The first-order chi connectivity index (χ1) is 15.0. The molecule has 0 aromatic heterocycles. The Labute approximate surface area is 188 Å². The molecule has 4 rings (SSSR count). The Morgan fingerprint density at radius 2 is 1.74 bits per heavy atom. The second-order valence-corrected chi connectivity index (χ2v) is 9.44. The highest BCUT2D eigenvalue weighted by atomic mass is 35.5. The molecule has 2 N–H and O–H groups in total. The third kappa shape index (κ3) is 5.51. The average Bonchev–Trinajstić information content (AvgIpc) is 3.23. The van der Waals surface area contributed by atoms with E-state index in [1.165, 1.54) is 0 Å². The zero-order chi connectivity index (χ0) is 21.8. The number of halogens is 1. The van der Waals surface area contributed by atoms with Gasteiger partial charge in [0.1, 0.15) is 0 Å². The molecular formula is C23H32ClN3O4. The zero-order valence-corrected chi connectivity index (χ0v) is 18.6. The van der Waals surface area contributed by atoms with E-state index in [-0.39, 0.29) is 23.7 Å². The quantitative estimate of drug-likeness (QED) is 0.722. The molecule has 31 heavy (non-hydrogen) atoms. The van der Waals surface area contributed by atoms with Crippen LogP contribution in [0.2, 0.25) is 5.02 Å². The summed E-state index contributed by atoms with van der Waals surface area (Å²) in [7, 11) is 0. The summed E-state index contributed by atoms with van der Waals surface area (Å²) < 4.78 is 5.48. The van der Waals surface area contributed by atoms with E-state index in [0.717, 1.165) is 57.6 Å². The maximum absolute atomic E-state index is 13.3. The van der Waals surface area contributed by atoms with Crippen LogP contribution in [0.3, 0.4) is 0 Å². The molecule has 0 spiro atoms. The van der Waals surface area contributed by atoms with Gasteiger partial charge in [0.15, 0.2) is 0 Å². The van der Waals surface area contributed by atoms with Crippen LogP contribution in [-0.2, 0) is 9.53 Å². The highest BCUT2D eigenvalue weighted by Gasteiger charge is 2.39. The molecule has 2 atom stereocenters. The molecule has 7 nitrogen and oxygen atoms in total. The molecule has 3 fully saturated rings. The predicted octanol–water partition coefficient (Wildman–Crippen LogP) is 3.04. The molecule has 0 unspecified atom stereocenters. The van der Waals surface area contributed by atoms with Crippen LogP contribution in [0, 0.1) is 11.8 Å². The van der Waals surface area contributed by atoms with Gasteiger partial charge in [0, 0.05) is 61.7 Å². The molecule has 3 heterocycles. The minimum Gasteiger partial charge on any atom is -0.465 e. The number of hydrogen-bond acceptors (Lipinski definition) is 4. The summed E-state index contributed by atoms with van der Waals surface area (Å²) in [5.74, 6) is 0.454. The van der Waals surface area contributed by atoms with Crippen molar-refractivity contribution in [2.24, 2.45) is 11.8 Å². The number of nitrogens with one attached hydrogen (secondary N) is 1. The first-order valence-electron chi connectivity index (χ1n) is 11.3. The number of likely N-dealkylation sites (tertiary alicyclic amines) is 2. The Kier molecular flexibility index (Phi) is 7.35. The van der Waals surface area contributed by atoms with Gasteiger partial charge in [-0.1, -0.05) is 23.7 Å². The third-order valence-corrected chi connectivity index (χ3v) is 7.40. The molecule has 0 radical (unpaired) electrons. The topological polar surface area (TPSA) is 82.1 Å². The highest BCUT2D eigenvalue weighted by molar-refractivity contribution is 6.30. The number of carbonyl (C=O) groups excluding carboxylic acids is 1. The molecule has 3 saturated heterocycles. The molecule has 8 heteroatoms. The molecule has 170 valence electrons. The van der Waals surface area contributed by atoms with Crippen LogP contribution in [0.1, 0.15) is 37.2 Å². The van der Waals surface area contributed by atoms with Gasteiger partial charge in [0.05, 0.1) is 0 Å². The van der Waals surface area contributed by atoms with Crippen molar-refractivity contribution < 1.29 is 19.4 Å². The zero-order valence-electron chi connectivity index (χ0n) is 17.8. The van der Waals surface area contributed by atoms with Crippen LogP contribution in [0.5, 0.6) is 0 Å². The van der Waals surface area contributed by atoms with Gasteiger partial charge >= 0.3 is 6.09 Å². The lowest BCUT2D eigenvalue weighted by Crippen LogP contribution is -2.47. The smallest absolute Gasteiger partial charge is 0.404 e. The van der Waals surface area contributed by atoms with Crippen molar-refractivity contribution in [1.29, 1.82) is 0 Å². The number of rotatable bonds is 5. The van der Waals surface area contributed by atoms with Crippen LogP contribution < -0.4 is 5.32 Å². The number of carbonyl (C=O) groups is 2. The minimum atomic E-state index is -1.03. The lowest BCUT2D eigenvalue weighted by atomic mass is 9.89. The summed E-state index contributed by atoms with van der Waals surface area (Å²) in [6.45, 7) is 5.19. The van der Waals surface area contributed by atoms with E-state index in [9.17, 15) is 9.59 Å². The maximum atomic E-state index is 13.3. The number of ether oxygens (including phenoxy) is 1. The molecule has 0 bridgehead atoms. The van der Waals surface area contributed by atoms with Gasteiger partial charge < -0.3 is 25.0 Å². The monoisotopic (exact) mass is 449 g/mol. The third-order valence-electron chi connectivity index (χ3n) is 7.15. The molecule has 0 saturated carbocycles. The van der Waals surface area contributed by atoms with Gasteiger partial charge in [-0.3, -0.25) is 4.79 Å². The van der Waals surface area contributed by atoms with E-state index >= 15 is 0 Å². The summed E-state index contributed by atoms with van der Waals surface area (Å²) >= 11 is 6.04. The molecular weight excluding hydrogens is 418 g/mol.